The number of halogens is 3. The van der Waals surface area contributed by atoms with E-state index in [4.69, 9.17) is 9.47 Å². The largest absolute Gasteiger partial charge is 0.497 e. The van der Waals surface area contributed by atoms with Gasteiger partial charge in [0.1, 0.15) is 11.6 Å². The summed E-state index contributed by atoms with van der Waals surface area (Å²) >= 11 is 0. The maximum Gasteiger partial charge on any atom is 0.410 e. The van der Waals surface area contributed by atoms with Crippen LogP contribution in [-0.2, 0) is 4.74 Å². The lowest BCUT2D eigenvalue weighted by Gasteiger charge is -2.33. The van der Waals surface area contributed by atoms with Crippen molar-refractivity contribution in [3.63, 3.8) is 0 Å². The number of alkyl halides is 3. The van der Waals surface area contributed by atoms with Crippen LogP contribution in [0.3, 0.4) is 0 Å². The lowest BCUT2D eigenvalue weighted by Crippen LogP contribution is -2.35. The van der Waals surface area contributed by atoms with Gasteiger partial charge in [-0.15, -0.1) is 0 Å². The molecule has 0 spiro atoms. The molecule has 0 unspecified atom stereocenters. The van der Waals surface area contributed by atoms with Gasteiger partial charge in [0.15, 0.2) is 11.7 Å². The Labute approximate surface area is 159 Å². The van der Waals surface area contributed by atoms with E-state index in [-0.39, 0.29) is 24.5 Å². The van der Waals surface area contributed by atoms with Crippen LogP contribution in [0.25, 0.3) is 0 Å². The van der Waals surface area contributed by atoms with E-state index in [2.05, 4.69) is 15.7 Å². The fourth-order valence-electron chi connectivity index (χ4n) is 3.10. The molecular formula is C18H21F3N4O3. The summed E-state index contributed by atoms with van der Waals surface area (Å²) in [6.45, 7) is 0.532. The Morgan fingerprint density at radius 3 is 2.64 bits per heavy atom. The first-order valence-electron chi connectivity index (χ1n) is 8.67. The molecule has 2 N–H and O–H groups in total. The van der Waals surface area contributed by atoms with Crippen LogP contribution in [0.15, 0.2) is 30.3 Å². The highest BCUT2D eigenvalue weighted by Crippen LogP contribution is 2.43. The van der Waals surface area contributed by atoms with Crippen molar-refractivity contribution >= 4 is 11.7 Å². The van der Waals surface area contributed by atoms with Crippen LogP contribution in [0.4, 0.5) is 19.0 Å². The Bertz CT molecular complexity index is 820. The fraction of sp³-hybridized carbons (Fsp3) is 0.444. The van der Waals surface area contributed by atoms with Crippen LogP contribution < -0.4 is 15.4 Å². The molecule has 3 rings (SSSR count). The van der Waals surface area contributed by atoms with Crippen LogP contribution in [0.5, 0.6) is 5.75 Å². The van der Waals surface area contributed by atoms with Gasteiger partial charge < -0.3 is 20.1 Å². The maximum atomic E-state index is 13.7. The normalized spacial score (nSPS) is 18.9. The first-order valence-corrected chi connectivity index (χ1v) is 8.67. The monoisotopic (exact) mass is 398 g/mol. The first-order chi connectivity index (χ1) is 13.3. The molecule has 28 heavy (non-hydrogen) atoms. The molecule has 0 radical (unpaired) electrons. The van der Waals surface area contributed by atoms with E-state index in [1.165, 1.54) is 20.3 Å². The van der Waals surface area contributed by atoms with Crippen LogP contribution >= 0.6 is 0 Å². The van der Waals surface area contributed by atoms with Gasteiger partial charge in [-0.05, 0) is 17.7 Å². The number of hydrogen-bond acceptors (Lipinski definition) is 5. The predicted octanol–water partition coefficient (Wildman–Crippen LogP) is 2.93. The number of nitrogens with one attached hydrogen (secondary N) is 2. The molecule has 0 saturated heterocycles. The Morgan fingerprint density at radius 1 is 1.32 bits per heavy atom. The number of amides is 1. The molecule has 1 amide bonds. The van der Waals surface area contributed by atoms with Crippen molar-refractivity contribution in [2.24, 2.45) is 0 Å². The molecule has 1 aliphatic heterocycles. The van der Waals surface area contributed by atoms with E-state index in [9.17, 15) is 18.0 Å². The topological polar surface area (TPSA) is 77.4 Å². The Morgan fingerprint density at radius 2 is 2.04 bits per heavy atom. The van der Waals surface area contributed by atoms with Crippen molar-refractivity contribution in [3.05, 3.63) is 41.6 Å². The number of benzene rings is 1. The third-order valence-electron chi connectivity index (χ3n) is 4.53. The van der Waals surface area contributed by atoms with Gasteiger partial charge in [0.05, 0.1) is 19.8 Å². The molecule has 1 aromatic heterocycles. The summed E-state index contributed by atoms with van der Waals surface area (Å²) in [5, 5.41) is 9.50. The highest BCUT2D eigenvalue weighted by Gasteiger charge is 2.46. The number of rotatable bonds is 6. The van der Waals surface area contributed by atoms with E-state index >= 15 is 0 Å². The van der Waals surface area contributed by atoms with Gasteiger partial charge in [0.2, 0.25) is 0 Å². The Kier molecular flexibility index (Phi) is 5.78. The third kappa shape index (κ3) is 4.22. The van der Waals surface area contributed by atoms with Gasteiger partial charge in [-0.2, -0.15) is 18.3 Å². The smallest absolute Gasteiger partial charge is 0.410 e. The molecule has 1 aromatic carbocycles. The van der Waals surface area contributed by atoms with Crippen LogP contribution in [0.1, 0.15) is 34.6 Å². The number of fused-ring (bicyclic) bond motifs is 1. The summed E-state index contributed by atoms with van der Waals surface area (Å²) in [6, 6.07) is 5.74. The Hall–Kier alpha value is -2.75. The van der Waals surface area contributed by atoms with Gasteiger partial charge in [-0.3, -0.25) is 4.79 Å². The average Bonchev–Trinajstić information content (AvgIpc) is 3.10. The zero-order valence-electron chi connectivity index (χ0n) is 15.4. The minimum absolute atomic E-state index is 0.0803. The second-order valence-corrected chi connectivity index (χ2v) is 6.37. The number of carbonyl (C=O) groups excluding carboxylic acids is 1. The molecule has 0 bridgehead atoms. The predicted molar refractivity (Wildman–Crippen MR) is 95.5 cm³/mol. The van der Waals surface area contributed by atoms with Crippen molar-refractivity contribution in [2.45, 2.75) is 24.7 Å². The molecule has 7 nitrogen and oxygen atoms in total. The van der Waals surface area contributed by atoms with Crippen molar-refractivity contribution in [3.8, 4) is 5.75 Å². The lowest BCUT2D eigenvalue weighted by molar-refractivity contribution is -0.173. The third-order valence-corrected chi connectivity index (χ3v) is 4.53. The summed E-state index contributed by atoms with van der Waals surface area (Å²) in [5.74, 6) is 0.209. The van der Waals surface area contributed by atoms with Crippen LogP contribution in [0, 0.1) is 0 Å². The molecule has 1 aliphatic rings. The molecule has 0 aliphatic carbocycles. The molecule has 2 atom stereocenters. The quantitative estimate of drug-likeness (QED) is 0.732. The SMILES string of the molecule is COCCNC(=O)c1cc2n(n1)[C@@H](C(F)(F)F)C[C@H](c1ccc(OC)cc1)N2. The highest BCUT2D eigenvalue weighted by atomic mass is 19.4. The van der Waals surface area contributed by atoms with E-state index < -0.39 is 24.2 Å². The number of nitrogens with zero attached hydrogens (tertiary/aromatic N) is 2. The zero-order chi connectivity index (χ0) is 20.3. The molecule has 2 aromatic rings. The fourth-order valence-corrected chi connectivity index (χ4v) is 3.10. The molecule has 0 saturated carbocycles. The van der Waals surface area contributed by atoms with Crippen molar-refractivity contribution < 1.29 is 27.4 Å². The summed E-state index contributed by atoms with van der Waals surface area (Å²) in [6.07, 6.45) is -4.74. The lowest BCUT2D eigenvalue weighted by atomic mass is 9.97. The second kappa shape index (κ2) is 8.09. The Balaban J connectivity index is 1.87. The standard InChI is InChI=1S/C18H21F3N4O3/c1-27-8-7-22-17(26)14-10-16-23-13(11-3-5-12(28-2)6-4-11)9-15(18(19,20)21)25(16)24-14/h3-6,10,13,15,23H,7-9H2,1-2H3,(H,22,26)/t13-,15-/m1/s1. The van der Waals surface area contributed by atoms with Crippen LogP contribution in [0.2, 0.25) is 0 Å². The second-order valence-electron chi connectivity index (χ2n) is 6.37. The minimum Gasteiger partial charge on any atom is -0.497 e. The number of carbonyl (C=O) groups is 1. The summed E-state index contributed by atoms with van der Waals surface area (Å²) in [4.78, 5) is 12.2. The van der Waals surface area contributed by atoms with E-state index in [0.29, 0.717) is 17.9 Å². The van der Waals surface area contributed by atoms with E-state index in [1.807, 2.05) is 0 Å². The molecular weight excluding hydrogens is 377 g/mol. The molecule has 2 heterocycles. The molecule has 0 fully saturated rings. The average molecular weight is 398 g/mol. The van der Waals surface area contributed by atoms with Crippen molar-refractivity contribution in [1.82, 2.24) is 15.1 Å². The number of aromatic nitrogens is 2. The van der Waals surface area contributed by atoms with Crippen molar-refractivity contribution in [1.29, 1.82) is 0 Å². The molecule has 152 valence electrons. The number of anilines is 1. The van der Waals surface area contributed by atoms with Crippen LogP contribution in [-0.4, -0.2) is 49.2 Å². The first kappa shape index (κ1) is 20.0. The minimum atomic E-state index is -4.50. The van der Waals surface area contributed by atoms with E-state index in [1.54, 1.807) is 24.3 Å². The van der Waals surface area contributed by atoms with Gasteiger partial charge >= 0.3 is 6.18 Å². The van der Waals surface area contributed by atoms with E-state index in [0.717, 1.165) is 4.68 Å². The highest BCUT2D eigenvalue weighted by molar-refractivity contribution is 5.93. The zero-order valence-corrected chi connectivity index (χ0v) is 15.4. The summed E-state index contributed by atoms with van der Waals surface area (Å²) < 4.78 is 51.8. The van der Waals surface area contributed by atoms with Gasteiger partial charge in [0.25, 0.3) is 5.91 Å². The number of ether oxygens (including phenoxy) is 2. The van der Waals surface area contributed by atoms with Gasteiger partial charge in [-0.1, -0.05) is 12.1 Å². The number of methoxy groups -OCH3 is 2. The van der Waals surface area contributed by atoms with Gasteiger partial charge in [-0.25, -0.2) is 4.68 Å². The molecule has 10 heteroatoms. The number of hydrogen-bond donors (Lipinski definition) is 2. The van der Waals surface area contributed by atoms with Crippen molar-refractivity contribution in [2.75, 3.05) is 32.7 Å². The maximum absolute atomic E-state index is 13.7. The summed E-state index contributed by atoms with van der Waals surface area (Å²) in [5.41, 5.74) is 0.608. The summed E-state index contributed by atoms with van der Waals surface area (Å²) in [7, 11) is 3.00. The van der Waals surface area contributed by atoms with Gasteiger partial charge in [0, 0.05) is 26.1 Å².